The average molecular weight is 436 g/mol. The van der Waals surface area contributed by atoms with Crippen molar-refractivity contribution in [2.75, 3.05) is 7.11 Å². The van der Waals surface area contributed by atoms with E-state index < -0.39 is 17.7 Å². The van der Waals surface area contributed by atoms with E-state index in [1.165, 1.54) is 37.6 Å². The SMILES string of the molecule is COC(=O)Cn1c(C)c(Cc2ccc(=O)n(C(F)c3ccccc3F)c2)c2ccccc21. The van der Waals surface area contributed by atoms with E-state index in [9.17, 15) is 14.0 Å². The Morgan fingerprint density at radius 2 is 1.78 bits per heavy atom. The fourth-order valence-corrected chi connectivity index (χ4v) is 3.98. The lowest BCUT2D eigenvalue weighted by atomic mass is 10.0. The summed E-state index contributed by atoms with van der Waals surface area (Å²) < 4.78 is 36.8. The zero-order valence-electron chi connectivity index (χ0n) is 17.7. The molecule has 0 amide bonds. The summed E-state index contributed by atoms with van der Waals surface area (Å²) in [5, 5.41) is 0.956. The third-order valence-electron chi connectivity index (χ3n) is 5.66. The molecule has 4 aromatic rings. The number of halogens is 2. The second-order valence-corrected chi connectivity index (χ2v) is 7.56. The van der Waals surface area contributed by atoms with E-state index in [0.29, 0.717) is 12.0 Å². The molecule has 2 heterocycles. The molecule has 0 bridgehead atoms. The van der Waals surface area contributed by atoms with Gasteiger partial charge in [-0.2, -0.15) is 0 Å². The van der Waals surface area contributed by atoms with Crippen LogP contribution in [0.5, 0.6) is 0 Å². The van der Waals surface area contributed by atoms with Gasteiger partial charge in [0.15, 0.2) is 0 Å². The molecular formula is C25H22F2N2O3. The van der Waals surface area contributed by atoms with Crippen molar-refractivity contribution in [2.45, 2.75) is 26.2 Å². The average Bonchev–Trinajstić information content (AvgIpc) is 3.06. The number of benzene rings is 2. The number of rotatable bonds is 6. The van der Waals surface area contributed by atoms with Gasteiger partial charge in [0.2, 0.25) is 6.30 Å². The van der Waals surface area contributed by atoms with Gasteiger partial charge in [0.1, 0.15) is 12.4 Å². The van der Waals surface area contributed by atoms with Gasteiger partial charge in [0, 0.05) is 40.8 Å². The first-order chi connectivity index (χ1) is 15.4. The molecule has 0 saturated heterocycles. The molecule has 2 aromatic heterocycles. The molecule has 7 heteroatoms. The number of carbonyl (C=O) groups excluding carboxylic acids is 1. The molecular weight excluding hydrogens is 414 g/mol. The Hall–Kier alpha value is -3.74. The van der Waals surface area contributed by atoms with E-state index in [4.69, 9.17) is 4.74 Å². The van der Waals surface area contributed by atoms with Crippen LogP contribution in [-0.4, -0.2) is 22.2 Å². The molecule has 1 atom stereocenters. The van der Waals surface area contributed by atoms with E-state index >= 15 is 4.39 Å². The summed E-state index contributed by atoms with van der Waals surface area (Å²) in [6, 6.07) is 16.1. The molecule has 4 rings (SSSR count). The number of pyridine rings is 1. The number of carbonyl (C=O) groups is 1. The van der Waals surface area contributed by atoms with Gasteiger partial charge in [-0.15, -0.1) is 0 Å². The van der Waals surface area contributed by atoms with Crippen LogP contribution in [0.1, 0.15) is 28.7 Å². The van der Waals surface area contributed by atoms with Crippen LogP contribution in [-0.2, 0) is 22.5 Å². The Morgan fingerprint density at radius 3 is 2.53 bits per heavy atom. The number of fused-ring (bicyclic) bond motifs is 1. The lowest BCUT2D eigenvalue weighted by Gasteiger charge is -2.14. The first-order valence-corrected chi connectivity index (χ1v) is 10.1. The van der Waals surface area contributed by atoms with E-state index in [1.54, 1.807) is 6.07 Å². The van der Waals surface area contributed by atoms with Crippen LogP contribution >= 0.6 is 0 Å². The normalized spacial score (nSPS) is 12.1. The number of hydrogen-bond donors (Lipinski definition) is 0. The minimum absolute atomic E-state index is 0.0716. The molecule has 0 aliphatic carbocycles. The zero-order valence-corrected chi connectivity index (χ0v) is 17.7. The maximum atomic E-state index is 15.1. The highest BCUT2D eigenvalue weighted by Gasteiger charge is 2.20. The number of aromatic nitrogens is 2. The van der Waals surface area contributed by atoms with Gasteiger partial charge in [-0.3, -0.25) is 14.2 Å². The van der Waals surface area contributed by atoms with E-state index in [-0.39, 0.29) is 18.1 Å². The van der Waals surface area contributed by atoms with E-state index in [2.05, 4.69) is 0 Å². The Morgan fingerprint density at radius 1 is 1.06 bits per heavy atom. The fraction of sp³-hybridized carbons (Fsp3) is 0.200. The second-order valence-electron chi connectivity index (χ2n) is 7.56. The van der Waals surface area contributed by atoms with E-state index in [1.807, 2.05) is 35.8 Å². The summed E-state index contributed by atoms with van der Waals surface area (Å²) in [5.74, 6) is -1.07. The minimum atomic E-state index is -1.94. The molecule has 0 aliphatic rings. The minimum Gasteiger partial charge on any atom is -0.468 e. The standard InChI is InChI=1S/C25H22F2N2O3/c1-16-20(18-7-4-6-10-22(18)28(16)15-24(31)32-2)13-17-11-12-23(30)29(14-17)25(27)19-8-3-5-9-21(19)26/h3-12,14,25H,13,15H2,1-2H3. The van der Waals surface area contributed by atoms with E-state index in [0.717, 1.165) is 32.8 Å². The monoisotopic (exact) mass is 436 g/mol. The van der Waals surface area contributed by atoms with Crippen molar-refractivity contribution >= 4 is 16.9 Å². The molecule has 1 unspecified atom stereocenters. The fourth-order valence-electron chi connectivity index (χ4n) is 3.98. The molecule has 0 fully saturated rings. The molecule has 32 heavy (non-hydrogen) atoms. The first-order valence-electron chi connectivity index (χ1n) is 10.1. The number of ether oxygens (including phenoxy) is 1. The van der Waals surface area contributed by atoms with Crippen molar-refractivity contribution in [1.29, 1.82) is 0 Å². The van der Waals surface area contributed by atoms with Crippen molar-refractivity contribution in [3.8, 4) is 0 Å². The van der Waals surface area contributed by atoms with Gasteiger partial charge in [-0.25, -0.2) is 8.78 Å². The van der Waals surface area contributed by atoms with Crippen LogP contribution in [0, 0.1) is 12.7 Å². The number of para-hydroxylation sites is 1. The van der Waals surface area contributed by atoms with Crippen LogP contribution < -0.4 is 5.56 Å². The molecule has 0 radical (unpaired) electrons. The molecule has 164 valence electrons. The molecule has 0 N–H and O–H groups in total. The van der Waals surface area contributed by atoms with Gasteiger partial charge in [0.25, 0.3) is 5.56 Å². The molecule has 5 nitrogen and oxygen atoms in total. The largest absolute Gasteiger partial charge is 0.468 e. The van der Waals surface area contributed by atoms with Crippen LogP contribution in [0.3, 0.4) is 0 Å². The molecule has 0 spiro atoms. The number of alkyl halides is 1. The van der Waals surface area contributed by atoms with Gasteiger partial charge in [-0.1, -0.05) is 42.5 Å². The molecule has 0 aliphatic heterocycles. The lowest BCUT2D eigenvalue weighted by molar-refractivity contribution is -0.141. The van der Waals surface area contributed by atoms with Gasteiger partial charge in [0.05, 0.1) is 7.11 Å². The predicted octanol–water partition coefficient (Wildman–Crippen LogP) is 4.53. The number of nitrogens with zero attached hydrogens (tertiary/aromatic N) is 2. The topological polar surface area (TPSA) is 53.2 Å². The van der Waals surface area contributed by atoms with Crippen molar-refractivity contribution in [2.24, 2.45) is 0 Å². The quantitative estimate of drug-likeness (QED) is 0.418. The Kier molecular flexibility index (Phi) is 5.90. The summed E-state index contributed by atoms with van der Waals surface area (Å²) in [5.41, 5.74) is 2.64. The van der Waals surface area contributed by atoms with Crippen molar-refractivity contribution in [1.82, 2.24) is 9.13 Å². The summed E-state index contributed by atoms with van der Waals surface area (Å²) in [6.45, 7) is 1.98. The zero-order chi connectivity index (χ0) is 22.8. The summed E-state index contributed by atoms with van der Waals surface area (Å²) in [7, 11) is 1.34. The maximum Gasteiger partial charge on any atom is 0.325 e. The second kappa shape index (κ2) is 8.78. The Bertz CT molecular complexity index is 1360. The van der Waals surface area contributed by atoms with Gasteiger partial charge in [-0.05, 0) is 30.2 Å². The third-order valence-corrected chi connectivity index (χ3v) is 5.66. The first kappa shape index (κ1) is 21.5. The smallest absolute Gasteiger partial charge is 0.325 e. The maximum absolute atomic E-state index is 15.1. The highest BCUT2D eigenvalue weighted by atomic mass is 19.1. The van der Waals surface area contributed by atoms with Gasteiger partial charge >= 0.3 is 5.97 Å². The Labute approximate surface area is 183 Å². The number of hydrogen-bond acceptors (Lipinski definition) is 3. The van der Waals surface area contributed by atoms with Crippen molar-refractivity contribution < 1.29 is 18.3 Å². The number of esters is 1. The van der Waals surface area contributed by atoms with Crippen LogP contribution in [0.4, 0.5) is 8.78 Å². The lowest BCUT2D eigenvalue weighted by Crippen LogP contribution is -2.23. The highest BCUT2D eigenvalue weighted by molar-refractivity contribution is 5.87. The third kappa shape index (κ3) is 3.93. The summed E-state index contributed by atoms with van der Waals surface area (Å²) >= 11 is 0. The van der Waals surface area contributed by atoms with Crippen molar-refractivity contribution in [3.05, 3.63) is 105 Å². The molecule has 2 aromatic carbocycles. The van der Waals surface area contributed by atoms with Crippen LogP contribution in [0.2, 0.25) is 0 Å². The number of methoxy groups -OCH3 is 1. The molecule has 0 saturated carbocycles. The van der Waals surface area contributed by atoms with Crippen LogP contribution in [0.15, 0.2) is 71.7 Å². The highest BCUT2D eigenvalue weighted by Crippen LogP contribution is 2.28. The Balaban J connectivity index is 1.75. The van der Waals surface area contributed by atoms with Gasteiger partial charge < -0.3 is 9.30 Å². The van der Waals surface area contributed by atoms with Crippen molar-refractivity contribution in [3.63, 3.8) is 0 Å². The predicted molar refractivity (Wildman–Crippen MR) is 118 cm³/mol. The summed E-state index contributed by atoms with van der Waals surface area (Å²) in [4.78, 5) is 24.2. The summed E-state index contributed by atoms with van der Waals surface area (Å²) in [6.07, 6.45) is -0.110. The van der Waals surface area contributed by atoms with Crippen LogP contribution in [0.25, 0.3) is 10.9 Å².